The van der Waals surface area contributed by atoms with Crippen LogP contribution < -0.4 is 10.2 Å². The molecule has 0 saturated carbocycles. The minimum Gasteiger partial charge on any atom is -0.493 e. The van der Waals surface area contributed by atoms with Gasteiger partial charge in [0, 0.05) is 23.6 Å². The molecule has 0 aliphatic heterocycles. The molecular weight excluding hydrogens is 336 g/mol. The minimum atomic E-state index is -0.108. The summed E-state index contributed by atoms with van der Waals surface area (Å²) in [5.74, 6) is 0.686. The molecule has 5 heteroatoms. The van der Waals surface area contributed by atoms with E-state index in [1.807, 2.05) is 56.3 Å². The van der Waals surface area contributed by atoms with Crippen LogP contribution in [0.5, 0.6) is 5.75 Å². The molecule has 0 radical (unpaired) electrons. The van der Waals surface area contributed by atoms with E-state index in [-0.39, 0.29) is 5.91 Å². The molecule has 0 unspecified atom stereocenters. The second kappa shape index (κ2) is 9.84. The third-order valence-corrected chi connectivity index (χ3v) is 3.85. The largest absolute Gasteiger partial charge is 0.493 e. The third-order valence-electron chi connectivity index (χ3n) is 3.62. The molecule has 2 aromatic rings. The number of aryl methyl sites for hydroxylation is 1. The van der Waals surface area contributed by atoms with Crippen LogP contribution in [0.15, 0.2) is 53.6 Å². The average molecular weight is 359 g/mol. The minimum absolute atomic E-state index is 0.108. The van der Waals surface area contributed by atoms with Crippen LogP contribution in [0.2, 0.25) is 5.02 Å². The topological polar surface area (TPSA) is 50.7 Å². The smallest absolute Gasteiger partial charge is 0.240 e. The van der Waals surface area contributed by atoms with Crippen LogP contribution in [0.4, 0.5) is 0 Å². The summed E-state index contributed by atoms with van der Waals surface area (Å²) in [4.78, 5) is 11.8. The third kappa shape index (κ3) is 6.98. The number of amides is 1. The first-order chi connectivity index (χ1) is 12.0. The predicted molar refractivity (Wildman–Crippen MR) is 102 cm³/mol. The molecule has 1 N–H and O–H groups in total. The molecule has 0 aromatic heterocycles. The maximum absolute atomic E-state index is 11.8. The number of halogens is 1. The van der Waals surface area contributed by atoms with E-state index in [1.54, 1.807) is 6.07 Å². The predicted octanol–water partition coefficient (Wildman–Crippen LogP) is 4.54. The summed E-state index contributed by atoms with van der Waals surface area (Å²) in [6.45, 7) is 4.32. The van der Waals surface area contributed by atoms with Crippen LogP contribution >= 0.6 is 11.6 Å². The highest BCUT2D eigenvalue weighted by atomic mass is 35.5. The van der Waals surface area contributed by atoms with Crippen molar-refractivity contribution in [3.8, 4) is 5.75 Å². The number of carbonyl (C=O) groups is 1. The van der Waals surface area contributed by atoms with Crippen molar-refractivity contribution in [1.29, 1.82) is 0 Å². The average Bonchev–Trinajstić information content (AvgIpc) is 2.59. The lowest BCUT2D eigenvalue weighted by atomic mass is 10.1. The van der Waals surface area contributed by atoms with Gasteiger partial charge >= 0.3 is 0 Å². The van der Waals surface area contributed by atoms with Gasteiger partial charge in [0.2, 0.25) is 5.91 Å². The summed E-state index contributed by atoms with van der Waals surface area (Å²) < 4.78 is 5.67. The fourth-order valence-electron chi connectivity index (χ4n) is 2.33. The molecule has 132 valence electrons. The van der Waals surface area contributed by atoms with Crippen LogP contribution in [0.1, 0.15) is 30.9 Å². The fourth-order valence-corrected chi connectivity index (χ4v) is 2.56. The quantitative estimate of drug-likeness (QED) is 0.428. The van der Waals surface area contributed by atoms with Crippen LogP contribution in [-0.2, 0) is 11.2 Å². The zero-order chi connectivity index (χ0) is 18.1. The summed E-state index contributed by atoms with van der Waals surface area (Å²) in [5.41, 5.74) is 5.62. The van der Waals surface area contributed by atoms with Crippen LogP contribution in [0, 0.1) is 6.92 Å². The molecule has 4 nitrogen and oxygen atoms in total. The zero-order valence-corrected chi connectivity index (χ0v) is 15.3. The molecule has 0 bridgehead atoms. The fraction of sp³-hybridized carbons (Fsp3) is 0.300. The molecule has 25 heavy (non-hydrogen) atoms. The SMILES string of the molecule is C/C(Cc1ccccc1)=N\NC(=O)CCCOc1ccc(Cl)cc1C. The van der Waals surface area contributed by atoms with Gasteiger partial charge in [-0.15, -0.1) is 0 Å². The Morgan fingerprint density at radius 2 is 1.96 bits per heavy atom. The second-order valence-corrected chi connectivity index (χ2v) is 6.34. The van der Waals surface area contributed by atoms with Crippen LogP contribution in [0.25, 0.3) is 0 Å². The highest BCUT2D eigenvalue weighted by molar-refractivity contribution is 6.30. The van der Waals surface area contributed by atoms with Crippen molar-refractivity contribution in [2.45, 2.75) is 33.1 Å². The Morgan fingerprint density at radius 1 is 1.20 bits per heavy atom. The summed E-state index contributed by atoms with van der Waals surface area (Å²) >= 11 is 5.91. The van der Waals surface area contributed by atoms with Crippen LogP contribution in [-0.4, -0.2) is 18.2 Å². The molecule has 0 aliphatic rings. The number of hydrogen-bond donors (Lipinski definition) is 1. The van der Waals surface area contributed by atoms with Crippen LogP contribution in [0.3, 0.4) is 0 Å². The number of carbonyl (C=O) groups excluding carboxylic acids is 1. The van der Waals surface area contributed by atoms with Crippen molar-refractivity contribution in [2.75, 3.05) is 6.61 Å². The summed E-state index contributed by atoms with van der Waals surface area (Å²) in [6.07, 6.45) is 1.72. The second-order valence-electron chi connectivity index (χ2n) is 5.91. The van der Waals surface area contributed by atoms with E-state index in [0.29, 0.717) is 24.5 Å². The molecule has 0 aliphatic carbocycles. The zero-order valence-electron chi connectivity index (χ0n) is 14.6. The van der Waals surface area contributed by atoms with Gasteiger partial charge in [-0.3, -0.25) is 4.79 Å². The van der Waals surface area contributed by atoms with E-state index in [4.69, 9.17) is 16.3 Å². The Balaban J connectivity index is 1.67. The number of hydrogen-bond acceptors (Lipinski definition) is 3. The summed E-state index contributed by atoms with van der Waals surface area (Å²) in [5, 5.41) is 4.83. The molecule has 2 aromatic carbocycles. The first-order valence-corrected chi connectivity index (χ1v) is 8.67. The van der Waals surface area contributed by atoms with Gasteiger partial charge in [0.25, 0.3) is 0 Å². The number of nitrogens with one attached hydrogen (secondary N) is 1. The number of rotatable bonds is 8. The summed E-state index contributed by atoms with van der Waals surface area (Å²) in [6, 6.07) is 15.5. The molecule has 0 heterocycles. The van der Waals surface area contributed by atoms with E-state index in [9.17, 15) is 4.79 Å². The van der Waals surface area contributed by atoms with E-state index in [2.05, 4.69) is 10.5 Å². The summed E-state index contributed by atoms with van der Waals surface area (Å²) in [7, 11) is 0. The van der Waals surface area contributed by atoms with E-state index in [0.717, 1.165) is 23.4 Å². The van der Waals surface area contributed by atoms with Gasteiger partial charge < -0.3 is 4.74 Å². The Hall–Kier alpha value is -2.33. The standard InChI is InChI=1S/C20H23ClN2O2/c1-15-13-18(21)10-11-19(15)25-12-6-9-20(24)23-22-16(2)14-17-7-4-3-5-8-17/h3-5,7-8,10-11,13H,6,9,12,14H2,1-2H3,(H,23,24)/b22-16+. The van der Waals surface area contributed by atoms with E-state index in [1.165, 1.54) is 5.56 Å². The molecule has 0 saturated heterocycles. The maximum atomic E-state index is 11.8. The maximum Gasteiger partial charge on any atom is 0.240 e. The highest BCUT2D eigenvalue weighted by Gasteiger charge is 2.03. The first kappa shape index (κ1) is 19.0. The molecule has 0 fully saturated rings. The lowest BCUT2D eigenvalue weighted by Crippen LogP contribution is -2.20. The number of ether oxygens (including phenoxy) is 1. The van der Waals surface area contributed by atoms with Crippen molar-refractivity contribution in [1.82, 2.24) is 5.43 Å². The number of hydrazone groups is 1. The van der Waals surface area contributed by atoms with E-state index < -0.39 is 0 Å². The monoisotopic (exact) mass is 358 g/mol. The van der Waals surface area contributed by atoms with Crippen molar-refractivity contribution in [3.05, 3.63) is 64.7 Å². The van der Waals surface area contributed by atoms with Crippen molar-refractivity contribution in [2.24, 2.45) is 5.10 Å². The molecule has 0 atom stereocenters. The Kier molecular flexibility index (Phi) is 7.48. The molecule has 1 amide bonds. The van der Waals surface area contributed by atoms with Crippen molar-refractivity contribution < 1.29 is 9.53 Å². The van der Waals surface area contributed by atoms with Gasteiger partial charge in [0.1, 0.15) is 5.75 Å². The van der Waals surface area contributed by atoms with Gasteiger partial charge in [-0.1, -0.05) is 41.9 Å². The Bertz CT molecular complexity index is 730. The molecular formula is C20H23ClN2O2. The molecule has 0 spiro atoms. The van der Waals surface area contributed by atoms with Gasteiger partial charge in [0.15, 0.2) is 0 Å². The van der Waals surface area contributed by atoms with Crippen molar-refractivity contribution >= 4 is 23.2 Å². The van der Waals surface area contributed by atoms with E-state index >= 15 is 0 Å². The van der Waals surface area contributed by atoms with Crippen molar-refractivity contribution in [3.63, 3.8) is 0 Å². The lowest BCUT2D eigenvalue weighted by Gasteiger charge is -2.09. The molecule has 2 rings (SSSR count). The van der Waals surface area contributed by atoms with Gasteiger partial charge in [0.05, 0.1) is 6.61 Å². The lowest BCUT2D eigenvalue weighted by molar-refractivity contribution is -0.121. The normalized spacial score (nSPS) is 11.2. The Morgan fingerprint density at radius 3 is 2.68 bits per heavy atom. The number of benzene rings is 2. The number of nitrogens with zero attached hydrogens (tertiary/aromatic N) is 1. The van der Waals surface area contributed by atoms with Gasteiger partial charge in [-0.2, -0.15) is 5.10 Å². The van der Waals surface area contributed by atoms with Gasteiger partial charge in [-0.05, 0) is 49.6 Å². The Labute approximate surface area is 153 Å². The highest BCUT2D eigenvalue weighted by Crippen LogP contribution is 2.21. The first-order valence-electron chi connectivity index (χ1n) is 8.29. The van der Waals surface area contributed by atoms with Gasteiger partial charge in [-0.25, -0.2) is 5.43 Å².